The number of piperidine rings is 1. The molecule has 164 valence electrons. The Balaban J connectivity index is 1.41. The number of carbonyl (C=O) groups excluding carboxylic acids is 1. The van der Waals surface area contributed by atoms with Gasteiger partial charge < -0.3 is 20.2 Å². The summed E-state index contributed by atoms with van der Waals surface area (Å²) in [5.41, 5.74) is 6.66. The van der Waals surface area contributed by atoms with Crippen molar-refractivity contribution in [3.05, 3.63) is 60.2 Å². The molecule has 0 radical (unpaired) electrons. The Bertz CT molecular complexity index is 754. The predicted molar refractivity (Wildman–Crippen MR) is 117 cm³/mol. The van der Waals surface area contributed by atoms with Crippen molar-refractivity contribution in [2.75, 3.05) is 45.8 Å². The first-order chi connectivity index (χ1) is 14.6. The number of carbonyl (C=O) groups is 1. The molecular formula is C23H34N4O3. The van der Waals surface area contributed by atoms with Crippen molar-refractivity contribution in [3.8, 4) is 0 Å². The number of hydrogen-bond acceptors (Lipinski definition) is 6. The maximum absolute atomic E-state index is 13.0. The largest absolute Gasteiger partial charge is 0.462 e. The molecule has 0 aromatic carbocycles. The first kappa shape index (κ1) is 22.3. The monoisotopic (exact) mass is 414 g/mol. The van der Waals surface area contributed by atoms with Crippen LogP contribution in [0, 0.1) is 5.92 Å². The van der Waals surface area contributed by atoms with Gasteiger partial charge in [0.1, 0.15) is 18.1 Å². The third-order valence-electron chi connectivity index (χ3n) is 5.92. The lowest BCUT2D eigenvalue weighted by molar-refractivity contribution is -0.138. The number of piperazine rings is 1. The van der Waals surface area contributed by atoms with Crippen molar-refractivity contribution in [2.24, 2.45) is 11.7 Å². The second-order valence-electron chi connectivity index (χ2n) is 8.01. The maximum Gasteiger partial charge on any atom is 0.225 e. The van der Waals surface area contributed by atoms with E-state index in [1.807, 2.05) is 29.2 Å². The fourth-order valence-corrected chi connectivity index (χ4v) is 4.23. The van der Waals surface area contributed by atoms with Crippen molar-refractivity contribution in [1.29, 1.82) is 0 Å². The molecule has 2 aliphatic heterocycles. The van der Waals surface area contributed by atoms with Gasteiger partial charge >= 0.3 is 0 Å². The molecule has 0 spiro atoms. The van der Waals surface area contributed by atoms with Crippen molar-refractivity contribution < 1.29 is 14.3 Å². The average molecular weight is 415 g/mol. The van der Waals surface area contributed by atoms with E-state index in [0.29, 0.717) is 11.7 Å². The zero-order valence-electron chi connectivity index (χ0n) is 17.7. The molecule has 7 nitrogen and oxygen atoms in total. The van der Waals surface area contributed by atoms with Gasteiger partial charge in [-0.3, -0.25) is 14.6 Å². The highest BCUT2D eigenvalue weighted by Crippen LogP contribution is 2.22. The standard InChI is InChI=1S/C23H34N4O3/c1-2-3-19(6-9-24)16-25-10-7-20(8-11-25)23(29)27-14-12-26(13-15-27)17-21-4-5-22(18-28)30-21/h2-6,9,20,28H,1,7-8,10-18,24H2/b9-6-,19-3+. The van der Waals surface area contributed by atoms with Crippen LogP contribution in [0.4, 0.5) is 0 Å². The fraction of sp³-hybridized carbons (Fsp3) is 0.522. The lowest BCUT2D eigenvalue weighted by Crippen LogP contribution is -2.51. The minimum Gasteiger partial charge on any atom is -0.462 e. The molecular weight excluding hydrogens is 380 g/mol. The molecule has 7 heteroatoms. The van der Waals surface area contributed by atoms with Crippen LogP contribution in [0.25, 0.3) is 0 Å². The molecule has 1 amide bonds. The molecule has 3 N–H and O–H groups in total. The molecule has 1 aromatic heterocycles. The van der Waals surface area contributed by atoms with E-state index in [1.165, 1.54) is 0 Å². The Morgan fingerprint density at radius 3 is 2.43 bits per heavy atom. The van der Waals surface area contributed by atoms with Crippen LogP contribution in [-0.4, -0.2) is 71.5 Å². The van der Waals surface area contributed by atoms with Gasteiger partial charge in [0.25, 0.3) is 0 Å². The number of amides is 1. The highest BCUT2D eigenvalue weighted by atomic mass is 16.4. The Kier molecular flexibility index (Phi) is 8.30. The van der Waals surface area contributed by atoms with E-state index < -0.39 is 0 Å². The van der Waals surface area contributed by atoms with E-state index in [9.17, 15) is 4.79 Å². The molecule has 2 saturated heterocycles. The highest BCUT2D eigenvalue weighted by molar-refractivity contribution is 5.79. The minimum absolute atomic E-state index is 0.0727. The zero-order chi connectivity index (χ0) is 21.3. The number of nitrogens with two attached hydrogens (primary N) is 1. The Morgan fingerprint density at radius 1 is 1.13 bits per heavy atom. The summed E-state index contributed by atoms with van der Waals surface area (Å²) in [6.45, 7) is 10.3. The third kappa shape index (κ3) is 6.08. The predicted octanol–water partition coefficient (Wildman–Crippen LogP) is 1.71. The van der Waals surface area contributed by atoms with Crippen LogP contribution in [0.1, 0.15) is 24.4 Å². The van der Waals surface area contributed by atoms with Gasteiger partial charge in [0, 0.05) is 38.6 Å². The lowest BCUT2D eigenvalue weighted by Gasteiger charge is -2.38. The zero-order valence-corrected chi connectivity index (χ0v) is 17.7. The van der Waals surface area contributed by atoms with Crippen molar-refractivity contribution in [3.63, 3.8) is 0 Å². The van der Waals surface area contributed by atoms with Crippen LogP contribution in [0.3, 0.4) is 0 Å². The number of nitrogens with zero attached hydrogens (tertiary/aromatic N) is 3. The number of furan rings is 1. The molecule has 0 unspecified atom stereocenters. The smallest absolute Gasteiger partial charge is 0.225 e. The molecule has 3 rings (SSSR count). The molecule has 1 aromatic rings. The van der Waals surface area contributed by atoms with Gasteiger partial charge in [0.15, 0.2) is 0 Å². The molecule has 0 aliphatic carbocycles. The van der Waals surface area contributed by atoms with Gasteiger partial charge in [0.05, 0.1) is 6.54 Å². The van der Waals surface area contributed by atoms with Gasteiger partial charge in [-0.05, 0) is 55.9 Å². The summed E-state index contributed by atoms with van der Waals surface area (Å²) in [6, 6.07) is 3.72. The van der Waals surface area contributed by atoms with Crippen molar-refractivity contribution >= 4 is 5.91 Å². The number of aliphatic hydroxyl groups excluding tert-OH is 1. The van der Waals surface area contributed by atoms with Crippen LogP contribution in [-0.2, 0) is 17.9 Å². The van der Waals surface area contributed by atoms with Gasteiger partial charge in [-0.1, -0.05) is 18.7 Å². The molecule has 0 atom stereocenters. The molecule has 3 heterocycles. The lowest BCUT2D eigenvalue weighted by atomic mass is 9.94. The normalized spacial score (nSPS) is 20.2. The first-order valence-electron chi connectivity index (χ1n) is 10.7. The van der Waals surface area contributed by atoms with Crippen LogP contribution in [0.5, 0.6) is 0 Å². The fourth-order valence-electron chi connectivity index (χ4n) is 4.23. The van der Waals surface area contributed by atoms with E-state index in [1.54, 1.807) is 12.3 Å². The molecule has 2 fully saturated rings. The summed E-state index contributed by atoms with van der Waals surface area (Å²) in [7, 11) is 0. The Labute approximate surface area is 179 Å². The quantitative estimate of drug-likeness (QED) is 0.630. The number of hydrogen-bond donors (Lipinski definition) is 2. The van der Waals surface area contributed by atoms with E-state index >= 15 is 0 Å². The van der Waals surface area contributed by atoms with Gasteiger partial charge in [-0.15, -0.1) is 0 Å². The maximum atomic E-state index is 13.0. The molecule has 30 heavy (non-hydrogen) atoms. The van der Waals surface area contributed by atoms with Crippen LogP contribution in [0.15, 0.2) is 53.1 Å². The number of allylic oxidation sites excluding steroid dienone is 2. The third-order valence-corrected chi connectivity index (χ3v) is 5.92. The van der Waals surface area contributed by atoms with Crippen molar-refractivity contribution in [2.45, 2.75) is 26.0 Å². The van der Waals surface area contributed by atoms with Crippen molar-refractivity contribution in [1.82, 2.24) is 14.7 Å². The molecule has 0 saturated carbocycles. The van der Waals surface area contributed by atoms with Crippen LogP contribution < -0.4 is 5.73 Å². The molecule has 0 bridgehead atoms. The summed E-state index contributed by atoms with van der Waals surface area (Å²) in [6.07, 6.45) is 9.04. The van der Waals surface area contributed by atoms with Gasteiger partial charge in [-0.2, -0.15) is 0 Å². The van der Waals surface area contributed by atoms with Gasteiger partial charge in [-0.25, -0.2) is 0 Å². The topological polar surface area (TPSA) is 86.2 Å². The van der Waals surface area contributed by atoms with Gasteiger partial charge in [0.2, 0.25) is 5.91 Å². The van der Waals surface area contributed by atoms with E-state index in [0.717, 1.165) is 76.5 Å². The first-order valence-corrected chi connectivity index (χ1v) is 10.7. The summed E-state index contributed by atoms with van der Waals surface area (Å²) < 4.78 is 5.58. The van der Waals surface area contributed by atoms with E-state index in [4.69, 9.17) is 15.3 Å². The van der Waals surface area contributed by atoms with E-state index in [2.05, 4.69) is 16.4 Å². The van der Waals surface area contributed by atoms with Crippen LogP contribution >= 0.6 is 0 Å². The summed E-state index contributed by atoms with van der Waals surface area (Å²) in [5, 5.41) is 9.11. The molecule has 2 aliphatic rings. The summed E-state index contributed by atoms with van der Waals surface area (Å²) in [5.74, 6) is 1.89. The highest BCUT2D eigenvalue weighted by Gasteiger charge is 2.30. The van der Waals surface area contributed by atoms with E-state index in [-0.39, 0.29) is 12.5 Å². The number of rotatable bonds is 8. The second kappa shape index (κ2) is 11.2. The summed E-state index contributed by atoms with van der Waals surface area (Å²) >= 11 is 0. The SMILES string of the molecule is C=C/C=C(\C=C/N)CN1CCC(C(=O)N2CCN(Cc3ccc(CO)o3)CC2)CC1. The summed E-state index contributed by atoms with van der Waals surface area (Å²) in [4.78, 5) is 19.7. The average Bonchev–Trinajstić information content (AvgIpc) is 3.22. The Hall–Kier alpha value is -2.35. The number of likely N-dealkylation sites (tertiary alicyclic amines) is 1. The Morgan fingerprint density at radius 2 is 1.83 bits per heavy atom. The minimum atomic E-state index is -0.0727. The second-order valence-corrected chi connectivity index (χ2v) is 8.01. The van der Waals surface area contributed by atoms with Crippen LogP contribution in [0.2, 0.25) is 0 Å². The number of aliphatic hydroxyl groups is 1.